The molecule has 2 aliphatic rings. The van der Waals surface area contributed by atoms with Crippen LogP contribution in [0.5, 0.6) is 0 Å². The SMILES string of the molecule is CC(C)CCN(C(=O)C1CC(C(=O)O)=NO1)C1CCCC1. The van der Waals surface area contributed by atoms with Gasteiger partial charge in [-0.25, -0.2) is 4.79 Å². The first-order valence-corrected chi connectivity index (χ1v) is 7.75. The number of rotatable bonds is 6. The number of hydrogen-bond acceptors (Lipinski definition) is 4. The molecule has 1 amide bonds. The molecule has 1 N–H and O–H groups in total. The summed E-state index contributed by atoms with van der Waals surface area (Å²) in [6, 6.07) is 0.272. The average molecular weight is 296 g/mol. The van der Waals surface area contributed by atoms with E-state index in [1.165, 1.54) is 0 Å². The number of carboxylic acids is 1. The highest BCUT2D eigenvalue weighted by Gasteiger charge is 2.37. The number of amides is 1. The van der Waals surface area contributed by atoms with Crippen molar-refractivity contribution in [1.29, 1.82) is 0 Å². The molecule has 1 atom stereocenters. The topological polar surface area (TPSA) is 79.2 Å². The van der Waals surface area contributed by atoms with Crippen LogP contribution in [0.4, 0.5) is 0 Å². The zero-order valence-electron chi connectivity index (χ0n) is 12.7. The lowest BCUT2D eigenvalue weighted by Gasteiger charge is -2.31. The molecule has 1 aliphatic heterocycles. The Morgan fingerprint density at radius 3 is 2.57 bits per heavy atom. The minimum absolute atomic E-state index is 0.0661. The molecular weight excluding hydrogens is 272 g/mol. The van der Waals surface area contributed by atoms with Gasteiger partial charge in [0.15, 0.2) is 5.71 Å². The third-order valence-corrected chi connectivity index (χ3v) is 4.19. The van der Waals surface area contributed by atoms with Crippen molar-refractivity contribution in [1.82, 2.24) is 4.90 Å². The van der Waals surface area contributed by atoms with Crippen LogP contribution in [0, 0.1) is 5.92 Å². The molecule has 0 saturated heterocycles. The first-order chi connectivity index (χ1) is 9.99. The average Bonchev–Trinajstić information content (AvgIpc) is 3.09. The van der Waals surface area contributed by atoms with Crippen LogP contribution in [0.15, 0.2) is 5.16 Å². The van der Waals surface area contributed by atoms with E-state index < -0.39 is 12.1 Å². The van der Waals surface area contributed by atoms with E-state index >= 15 is 0 Å². The maximum absolute atomic E-state index is 12.6. The van der Waals surface area contributed by atoms with E-state index in [0.29, 0.717) is 12.5 Å². The summed E-state index contributed by atoms with van der Waals surface area (Å²) in [6.07, 6.45) is 4.62. The molecule has 6 heteroatoms. The number of hydrogen-bond donors (Lipinski definition) is 1. The van der Waals surface area contributed by atoms with E-state index in [9.17, 15) is 9.59 Å². The fourth-order valence-corrected chi connectivity index (χ4v) is 2.91. The first kappa shape index (κ1) is 15.8. The molecule has 0 aromatic carbocycles. The Labute approximate surface area is 125 Å². The Morgan fingerprint density at radius 2 is 2.05 bits per heavy atom. The molecule has 0 spiro atoms. The molecular formula is C15H24N2O4. The van der Waals surface area contributed by atoms with E-state index in [0.717, 1.165) is 32.1 Å². The number of carboxylic acid groups (broad SMARTS) is 1. The Bertz CT molecular complexity index is 427. The molecule has 0 aromatic heterocycles. The Hall–Kier alpha value is -1.59. The minimum Gasteiger partial charge on any atom is -0.477 e. The second-order valence-corrected chi connectivity index (χ2v) is 6.29. The molecule has 0 radical (unpaired) electrons. The predicted molar refractivity (Wildman–Crippen MR) is 78.0 cm³/mol. The van der Waals surface area contributed by atoms with Crippen LogP contribution < -0.4 is 0 Å². The zero-order chi connectivity index (χ0) is 15.4. The van der Waals surface area contributed by atoms with Crippen LogP contribution in [0.25, 0.3) is 0 Å². The lowest BCUT2D eigenvalue weighted by molar-refractivity contribution is -0.144. The minimum atomic E-state index is -1.11. The van der Waals surface area contributed by atoms with Crippen LogP contribution in [0.1, 0.15) is 52.4 Å². The highest BCUT2D eigenvalue weighted by atomic mass is 16.6. The van der Waals surface area contributed by atoms with Crippen molar-refractivity contribution >= 4 is 17.6 Å². The van der Waals surface area contributed by atoms with E-state index in [2.05, 4.69) is 19.0 Å². The van der Waals surface area contributed by atoms with E-state index in [1.54, 1.807) is 0 Å². The van der Waals surface area contributed by atoms with Gasteiger partial charge < -0.3 is 14.8 Å². The Morgan fingerprint density at radius 1 is 1.38 bits per heavy atom. The molecule has 6 nitrogen and oxygen atoms in total. The summed E-state index contributed by atoms with van der Waals surface area (Å²) in [5.41, 5.74) is -0.0661. The molecule has 21 heavy (non-hydrogen) atoms. The van der Waals surface area contributed by atoms with E-state index in [1.807, 2.05) is 4.90 Å². The first-order valence-electron chi connectivity index (χ1n) is 7.75. The molecule has 1 saturated carbocycles. The van der Waals surface area contributed by atoms with E-state index in [-0.39, 0.29) is 24.1 Å². The molecule has 0 bridgehead atoms. The molecule has 1 fully saturated rings. The van der Waals surface area contributed by atoms with Gasteiger partial charge in [-0.15, -0.1) is 0 Å². The molecule has 1 unspecified atom stereocenters. The third-order valence-electron chi connectivity index (χ3n) is 4.19. The quantitative estimate of drug-likeness (QED) is 0.813. The van der Waals surface area contributed by atoms with Crippen molar-refractivity contribution in [2.24, 2.45) is 11.1 Å². The normalized spacial score (nSPS) is 22.2. The van der Waals surface area contributed by atoms with Gasteiger partial charge in [-0.3, -0.25) is 4.79 Å². The number of carbonyl (C=O) groups is 2. The van der Waals surface area contributed by atoms with Crippen molar-refractivity contribution in [2.45, 2.75) is 64.5 Å². The summed E-state index contributed by atoms with van der Waals surface area (Å²) in [5.74, 6) is -0.695. The van der Waals surface area contributed by atoms with Gasteiger partial charge in [0.2, 0.25) is 6.10 Å². The van der Waals surface area contributed by atoms with Crippen LogP contribution in [-0.2, 0) is 14.4 Å². The Kier molecular flexibility index (Phi) is 5.20. The summed E-state index contributed by atoms with van der Waals surface area (Å²) >= 11 is 0. The van der Waals surface area contributed by atoms with Crippen molar-refractivity contribution in [3.05, 3.63) is 0 Å². The molecule has 0 aromatic rings. The smallest absolute Gasteiger partial charge is 0.353 e. The third kappa shape index (κ3) is 3.95. The summed E-state index contributed by atoms with van der Waals surface area (Å²) in [7, 11) is 0. The number of aliphatic carboxylic acids is 1. The van der Waals surface area contributed by atoms with Crippen LogP contribution in [-0.4, -0.2) is 46.3 Å². The van der Waals surface area contributed by atoms with Crippen LogP contribution >= 0.6 is 0 Å². The van der Waals surface area contributed by atoms with Gasteiger partial charge in [-0.2, -0.15) is 0 Å². The zero-order valence-corrected chi connectivity index (χ0v) is 12.7. The lowest BCUT2D eigenvalue weighted by atomic mass is 10.1. The van der Waals surface area contributed by atoms with Crippen molar-refractivity contribution < 1.29 is 19.5 Å². The summed E-state index contributed by atoms with van der Waals surface area (Å²) < 4.78 is 0. The highest BCUT2D eigenvalue weighted by molar-refractivity contribution is 6.36. The fourth-order valence-electron chi connectivity index (χ4n) is 2.91. The predicted octanol–water partition coefficient (Wildman–Crippen LogP) is 2.03. The van der Waals surface area contributed by atoms with Crippen molar-refractivity contribution in [3.63, 3.8) is 0 Å². The summed E-state index contributed by atoms with van der Waals surface area (Å²) in [6.45, 7) is 4.98. The van der Waals surface area contributed by atoms with Crippen LogP contribution in [0.3, 0.4) is 0 Å². The second kappa shape index (κ2) is 6.91. The van der Waals surface area contributed by atoms with Crippen molar-refractivity contribution in [2.75, 3.05) is 6.54 Å². The molecule has 1 aliphatic carbocycles. The van der Waals surface area contributed by atoms with Gasteiger partial charge in [-0.05, 0) is 25.2 Å². The monoisotopic (exact) mass is 296 g/mol. The van der Waals surface area contributed by atoms with Crippen LogP contribution in [0.2, 0.25) is 0 Å². The maximum atomic E-state index is 12.6. The second-order valence-electron chi connectivity index (χ2n) is 6.29. The highest BCUT2D eigenvalue weighted by Crippen LogP contribution is 2.26. The van der Waals surface area contributed by atoms with Gasteiger partial charge in [0.25, 0.3) is 5.91 Å². The molecule has 2 rings (SSSR count). The fraction of sp³-hybridized carbons (Fsp3) is 0.800. The lowest BCUT2D eigenvalue weighted by Crippen LogP contribution is -2.45. The number of carbonyl (C=O) groups excluding carboxylic acids is 1. The van der Waals surface area contributed by atoms with Gasteiger partial charge in [0.05, 0.1) is 0 Å². The van der Waals surface area contributed by atoms with Gasteiger partial charge in [-0.1, -0.05) is 31.8 Å². The maximum Gasteiger partial charge on any atom is 0.353 e. The standard InChI is InChI=1S/C15H24N2O4/c1-10(2)7-8-17(11-5-3-4-6-11)14(18)13-9-12(15(19)20)16-21-13/h10-11,13H,3-9H2,1-2H3,(H,19,20). The largest absolute Gasteiger partial charge is 0.477 e. The van der Waals surface area contributed by atoms with Gasteiger partial charge in [0, 0.05) is 19.0 Å². The van der Waals surface area contributed by atoms with Gasteiger partial charge >= 0.3 is 5.97 Å². The molecule has 118 valence electrons. The van der Waals surface area contributed by atoms with E-state index in [4.69, 9.17) is 9.94 Å². The summed E-state index contributed by atoms with van der Waals surface area (Å²) in [5, 5.41) is 12.4. The summed E-state index contributed by atoms with van der Waals surface area (Å²) in [4.78, 5) is 30.5. The van der Waals surface area contributed by atoms with Crippen molar-refractivity contribution in [3.8, 4) is 0 Å². The molecule has 1 heterocycles. The Balaban J connectivity index is 1.99. The number of nitrogens with zero attached hydrogens (tertiary/aromatic N) is 2. The number of oxime groups is 1. The van der Waals surface area contributed by atoms with Gasteiger partial charge in [0.1, 0.15) is 0 Å².